The van der Waals surface area contributed by atoms with Crippen LogP contribution in [0.4, 0.5) is 0 Å². The molecule has 0 aliphatic heterocycles. The summed E-state index contributed by atoms with van der Waals surface area (Å²) < 4.78 is 4.76. The molecule has 0 aliphatic rings. The standard InChI is InChI=1S/C9H7NO4/c11-7(9(12)13)8-5-3-1-2-4-6(5)10-14-8/h1-4,7,11H,(H,12,13). The van der Waals surface area contributed by atoms with E-state index in [1.807, 2.05) is 0 Å². The molecule has 0 saturated carbocycles. The third-order valence-electron chi connectivity index (χ3n) is 1.89. The van der Waals surface area contributed by atoms with Crippen LogP contribution in [-0.2, 0) is 4.79 Å². The zero-order chi connectivity index (χ0) is 10.1. The number of benzene rings is 1. The molecule has 14 heavy (non-hydrogen) atoms. The Morgan fingerprint density at radius 2 is 2.14 bits per heavy atom. The number of aliphatic hydroxyl groups is 1. The maximum atomic E-state index is 10.5. The molecule has 0 radical (unpaired) electrons. The van der Waals surface area contributed by atoms with Gasteiger partial charge in [0, 0.05) is 5.39 Å². The van der Waals surface area contributed by atoms with Gasteiger partial charge < -0.3 is 14.7 Å². The number of carboxylic acid groups (broad SMARTS) is 1. The van der Waals surface area contributed by atoms with E-state index >= 15 is 0 Å². The van der Waals surface area contributed by atoms with Crippen LogP contribution < -0.4 is 0 Å². The van der Waals surface area contributed by atoms with Gasteiger partial charge in [-0.3, -0.25) is 0 Å². The van der Waals surface area contributed by atoms with Crippen LogP contribution >= 0.6 is 0 Å². The molecule has 1 aromatic heterocycles. The molecule has 1 atom stereocenters. The van der Waals surface area contributed by atoms with Crippen molar-refractivity contribution >= 4 is 16.9 Å². The third-order valence-corrected chi connectivity index (χ3v) is 1.89. The van der Waals surface area contributed by atoms with Crippen molar-refractivity contribution in [3.63, 3.8) is 0 Å². The zero-order valence-corrected chi connectivity index (χ0v) is 7.04. The first kappa shape index (κ1) is 8.71. The lowest BCUT2D eigenvalue weighted by molar-refractivity contribution is -0.147. The Bertz CT molecular complexity index is 476. The molecular formula is C9H7NO4. The Morgan fingerprint density at radius 3 is 2.86 bits per heavy atom. The first-order valence-corrected chi connectivity index (χ1v) is 3.95. The second-order valence-electron chi connectivity index (χ2n) is 2.80. The number of aliphatic hydroxyl groups excluding tert-OH is 1. The minimum atomic E-state index is -1.66. The molecule has 1 heterocycles. The Balaban J connectivity index is 2.58. The number of carboxylic acids is 1. The van der Waals surface area contributed by atoms with Crippen molar-refractivity contribution in [2.24, 2.45) is 0 Å². The molecule has 1 unspecified atom stereocenters. The molecule has 5 nitrogen and oxygen atoms in total. The van der Waals surface area contributed by atoms with Crippen LogP contribution in [-0.4, -0.2) is 21.3 Å². The van der Waals surface area contributed by atoms with Crippen LogP contribution in [0.15, 0.2) is 28.8 Å². The Labute approximate surface area is 78.6 Å². The molecule has 1 aromatic carbocycles. The Morgan fingerprint density at radius 1 is 1.43 bits per heavy atom. The van der Waals surface area contributed by atoms with Crippen LogP contribution in [0.2, 0.25) is 0 Å². The molecule has 0 fully saturated rings. The van der Waals surface area contributed by atoms with Gasteiger partial charge in [0.1, 0.15) is 5.52 Å². The highest BCUT2D eigenvalue weighted by Gasteiger charge is 2.23. The number of hydrogen-bond donors (Lipinski definition) is 2. The van der Waals surface area contributed by atoms with Crippen LogP contribution in [0.3, 0.4) is 0 Å². The largest absolute Gasteiger partial charge is 0.479 e. The molecule has 2 rings (SSSR count). The van der Waals surface area contributed by atoms with Gasteiger partial charge >= 0.3 is 5.97 Å². The molecule has 0 bridgehead atoms. The monoisotopic (exact) mass is 193 g/mol. The number of aromatic nitrogens is 1. The minimum absolute atomic E-state index is 0.0342. The number of carbonyl (C=O) groups is 1. The smallest absolute Gasteiger partial charge is 0.340 e. The number of aliphatic carboxylic acids is 1. The average molecular weight is 193 g/mol. The van der Waals surface area contributed by atoms with Crippen molar-refractivity contribution in [3.8, 4) is 0 Å². The summed E-state index contributed by atoms with van der Waals surface area (Å²) in [6.07, 6.45) is -1.66. The van der Waals surface area contributed by atoms with E-state index in [1.165, 1.54) is 0 Å². The minimum Gasteiger partial charge on any atom is -0.479 e. The first-order chi connectivity index (χ1) is 6.70. The maximum Gasteiger partial charge on any atom is 0.340 e. The fourth-order valence-electron chi connectivity index (χ4n) is 1.22. The van der Waals surface area contributed by atoms with E-state index in [9.17, 15) is 9.90 Å². The molecule has 0 saturated heterocycles. The predicted molar refractivity (Wildman–Crippen MR) is 46.6 cm³/mol. The highest BCUT2D eigenvalue weighted by molar-refractivity contribution is 5.85. The average Bonchev–Trinajstić information content (AvgIpc) is 2.60. The van der Waals surface area contributed by atoms with Gasteiger partial charge in [-0.15, -0.1) is 0 Å². The lowest BCUT2D eigenvalue weighted by Gasteiger charge is -1.99. The van der Waals surface area contributed by atoms with Crippen LogP contribution in [0, 0.1) is 0 Å². The van der Waals surface area contributed by atoms with Crippen molar-refractivity contribution < 1.29 is 19.5 Å². The highest BCUT2D eigenvalue weighted by atomic mass is 16.5. The number of nitrogens with zero attached hydrogens (tertiary/aromatic N) is 1. The SMILES string of the molecule is O=C(O)C(O)c1onc2ccccc12. The molecule has 0 amide bonds. The van der Waals surface area contributed by atoms with E-state index < -0.39 is 12.1 Å². The van der Waals surface area contributed by atoms with Gasteiger partial charge in [-0.2, -0.15) is 0 Å². The summed E-state index contributed by atoms with van der Waals surface area (Å²) in [7, 11) is 0. The maximum absolute atomic E-state index is 10.5. The van der Waals surface area contributed by atoms with Gasteiger partial charge in [0.25, 0.3) is 0 Å². The lowest BCUT2D eigenvalue weighted by atomic mass is 10.1. The van der Waals surface area contributed by atoms with Crippen molar-refractivity contribution in [2.45, 2.75) is 6.10 Å². The van der Waals surface area contributed by atoms with Gasteiger partial charge in [-0.05, 0) is 12.1 Å². The predicted octanol–water partition coefficient (Wildman–Crippen LogP) is 0.946. The van der Waals surface area contributed by atoms with Gasteiger partial charge in [-0.1, -0.05) is 17.3 Å². The van der Waals surface area contributed by atoms with Crippen molar-refractivity contribution in [1.29, 1.82) is 0 Å². The van der Waals surface area contributed by atoms with Crippen LogP contribution in [0.1, 0.15) is 11.9 Å². The van der Waals surface area contributed by atoms with E-state index in [2.05, 4.69) is 5.16 Å². The molecule has 2 N–H and O–H groups in total. The lowest BCUT2D eigenvalue weighted by Crippen LogP contribution is -2.09. The quantitative estimate of drug-likeness (QED) is 0.741. The summed E-state index contributed by atoms with van der Waals surface area (Å²) in [4.78, 5) is 10.5. The highest BCUT2D eigenvalue weighted by Crippen LogP contribution is 2.23. The molecule has 0 spiro atoms. The van der Waals surface area contributed by atoms with Gasteiger partial charge in [-0.25, -0.2) is 4.79 Å². The molecular weight excluding hydrogens is 186 g/mol. The zero-order valence-electron chi connectivity index (χ0n) is 7.04. The summed E-state index contributed by atoms with van der Waals surface area (Å²) in [6.45, 7) is 0. The normalized spacial score (nSPS) is 12.9. The number of rotatable bonds is 2. The van der Waals surface area contributed by atoms with E-state index in [1.54, 1.807) is 24.3 Å². The summed E-state index contributed by atoms with van der Waals surface area (Å²) in [5.74, 6) is -1.39. The summed E-state index contributed by atoms with van der Waals surface area (Å²) >= 11 is 0. The number of fused-ring (bicyclic) bond motifs is 1. The number of hydrogen-bond acceptors (Lipinski definition) is 4. The van der Waals surface area contributed by atoms with Crippen LogP contribution in [0.25, 0.3) is 10.9 Å². The molecule has 0 aliphatic carbocycles. The van der Waals surface area contributed by atoms with Crippen molar-refractivity contribution in [3.05, 3.63) is 30.0 Å². The topological polar surface area (TPSA) is 83.6 Å². The molecule has 2 aromatic rings. The third kappa shape index (κ3) is 1.23. The first-order valence-electron chi connectivity index (χ1n) is 3.95. The fourth-order valence-corrected chi connectivity index (χ4v) is 1.22. The fraction of sp³-hybridized carbons (Fsp3) is 0.111. The van der Waals surface area contributed by atoms with Crippen molar-refractivity contribution in [1.82, 2.24) is 5.16 Å². The Kier molecular flexibility index (Phi) is 1.94. The second kappa shape index (κ2) is 3.12. The van der Waals surface area contributed by atoms with Gasteiger partial charge in [0.15, 0.2) is 5.76 Å². The van der Waals surface area contributed by atoms with E-state index in [-0.39, 0.29) is 5.76 Å². The summed E-state index contributed by atoms with van der Waals surface area (Å²) in [5.41, 5.74) is 0.530. The van der Waals surface area contributed by atoms with E-state index in [0.717, 1.165) is 0 Å². The van der Waals surface area contributed by atoms with Gasteiger partial charge in [0.2, 0.25) is 6.10 Å². The molecule has 72 valence electrons. The summed E-state index contributed by atoms with van der Waals surface area (Å²) in [6, 6.07) is 6.80. The van der Waals surface area contributed by atoms with E-state index in [4.69, 9.17) is 9.63 Å². The molecule has 5 heteroatoms. The second-order valence-corrected chi connectivity index (χ2v) is 2.80. The van der Waals surface area contributed by atoms with Crippen LogP contribution in [0.5, 0.6) is 0 Å². The van der Waals surface area contributed by atoms with Crippen molar-refractivity contribution in [2.75, 3.05) is 0 Å². The Hall–Kier alpha value is -1.88. The van der Waals surface area contributed by atoms with E-state index in [0.29, 0.717) is 10.9 Å². The van der Waals surface area contributed by atoms with Gasteiger partial charge in [0.05, 0.1) is 0 Å². The summed E-state index contributed by atoms with van der Waals surface area (Å²) in [5, 5.41) is 22.0.